The molecule has 2 aliphatic heterocycles. The number of hydrogen-bond donors (Lipinski definition) is 0. The highest BCUT2D eigenvalue weighted by atomic mass is 15.2. The Morgan fingerprint density at radius 2 is 0.701 bits per heavy atom. The number of nitrogens with zero attached hydrogens (tertiary/aromatic N) is 4. The van der Waals surface area contributed by atoms with E-state index in [1.807, 2.05) is 0 Å². The summed E-state index contributed by atoms with van der Waals surface area (Å²) in [6.07, 6.45) is 0. The van der Waals surface area contributed by atoms with E-state index in [0.29, 0.717) is 5.82 Å². The van der Waals surface area contributed by atoms with Gasteiger partial charge in [-0.3, -0.25) is 0 Å². The van der Waals surface area contributed by atoms with Crippen LogP contribution in [0.25, 0.3) is 120 Å². The molecule has 0 aliphatic carbocycles. The van der Waals surface area contributed by atoms with Crippen molar-refractivity contribution in [1.29, 1.82) is 0 Å². The van der Waals surface area contributed by atoms with Gasteiger partial charge >= 0.3 is 0 Å². The summed E-state index contributed by atoms with van der Waals surface area (Å²) in [4.78, 5) is 16.2. The number of benzene rings is 15. The third kappa shape index (κ3) is 5.52. The maximum Gasteiger partial charge on any atom is 0.252 e. The molecule has 16 aromatic rings. The van der Waals surface area contributed by atoms with Gasteiger partial charge in [-0.15, -0.1) is 0 Å². The lowest BCUT2D eigenvalue weighted by Gasteiger charge is -2.45. The van der Waals surface area contributed by atoms with Gasteiger partial charge in [0.05, 0.1) is 11.2 Å². The van der Waals surface area contributed by atoms with Crippen molar-refractivity contribution in [3.63, 3.8) is 0 Å². The molecule has 0 unspecified atom stereocenters. The summed E-state index contributed by atoms with van der Waals surface area (Å²) < 4.78 is 0. The first kappa shape index (κ1) is 41.3. The van der Waals surface area contributed by atoms with Crippen LogP contribution >= 0.6 is 0 Å². The van der Waals surface area contributed by atoms with Crippen LogP contribution in [-0.2, 0) is 0 Å². The molecule has 0 fully saturated rings. The number of para-hydroxylation sites is 3. The number of rotatable bonds is 4. The number of hydrogen-bond acceptors (Lipinski definition) is 4. The first-order valence-corrected chi connectivity index (χ1v) is 26.7. The molecule has 15 aromatic carbocycles. The Labute approximate surface area is 443 Å². The van der Waals surface area contributed by atoms with Crippen LogP contribution in [0, 0.1) is 0 Å². The maximum absolute atomic E-state index is 5.60. The zero-order chi connectivity index (χ0) is 50.0. The molecule has 1 aromatic heterocycles. The normalized spacial score (nSPS) is 13.1. The van der Waals surface area contributed by atoms with Crippen molar-refractivity contribution < 1.29 is 0 Å². The Kier molecular flexibility index (Phi) is 8.18. The number of anilines is 6. The van der Waals surface area contributed by atoms with Crippen LogP contribution in [0.5, 0.6) is 0 Å². The molecule has 0 radical (unpaired) electrons. The van der Waals surface area contributed by atoms with E-state index in [-0.39, 0.29) is 6.71 Å². The fourth-order valence-corrected chi connectivity index (χ4v) is 14.2. The van der Waals surface area contributed by atoms with Crippen LogP contribution in [0.1, 0.15) is 0 Å². The molecule has 0 spiro atoms. The molecule has 0 saturated heterocycles. The van der Waals surface area contributed by atoms with Crippen molar-refractivity contribution in [3.05, 3.63) is 249 Å². The van der Waals surface area contributed by atoms with Crippen molar-refractivity contribution in [2.75, 3.05) is 9.80 Å². The van der Waals surface area contributed by atoms with E-state index in [0.717, 1.165) is 50.5 Å². The lowest BCUT2D eigenvalue weighted by atomic mass is 9.33. The molecule has 0 saturated carbocycles. The average molecular weight is 973 g/mol. The Hall–Kier alpha value is -10.1. The second kappa shape index (κ2) is 15.3. The Morgan fingerprint density at radius 3 is 1.21 bits per heavy atom. The van der Waals surface area contributed by atoms with Crippen molar-refractivity contribution in [3.8, 4) is 22.6 Å². The van der Waals surface area contributed by atoms with Gasteiger partial charge in [0, 0.05) is 61.4 Å². The molecule has 0 amide bonds. The summed E-state index contributed by atoms with van der Waals surface area (Å²) in [6, 6.07) is 92.4. The first-order chi connectivity index (χ1) is 38.2. The summed E-state index contributed by atoms with van der Waals surface area (Å²) in [5.41, 5.74) is 14.4. The molecule has 0 atom stereocenters. The van der Waals surface area contributed by atoms with E-state index in [4.69, 9.17) is 9.97 Å². The van der Waals surface area contributed by atoms with Gasteiger partial charge in [-0.2, -0.15) is 0 Å². The molecule has 0 N–H and O–H groups in total. The topological polar surface area (TPSA) is 32.3 Å². The van der Waals surface area contributed by atoms with Gasteiger partial charge in [0.1, 0.15) is 0 Å². The zero-order valence-electron chi connectivity index (χ0n) is 41.5. The van der Waals surface area contributed by atoms with Crippen LogP contribution in [0.3, 0.4) is 0 Å². The lowest BCUT2D eigenvalue weighted by molar-refractivity contribution is 1.21. The summed E-state index contributed by atoms with van der Waals surface area (Å²) in [5.74, 6) is 0.680. The van der Waals surface area contributed by atoms with E-state index < -0.39 is 0 Å². The summed E-state index contributed by atoms with van der Waals surface area (Å²) in [6.45, 7) is -0.183. The summed E-state index contributed by atoms with van der Waals surface area (Å²) in [5, 5.41) is 21.4. The van der Waals surface area contributed by atoms with Crippen LogP contribution in [0.15, 0.2) is 249 Å². The molecular weight excluding hydrogens is 932 g/mol. The third-order valence-electron chi connectivity index (χ3n) is 17.2. The van der Waals surface area contributed by atoms with Gasteiger partial charge in [-0.05, 0) is 134 Å². The van der Waals surface area contributed by atoms with Crippen molar-refractivity contribution in [2.24, 2.45) is 0 Å². The molecule has 77 heavy (non-hydrogen) atoms. The molecular formula is C72H41BN4. The number of fused-ring (bicyclic) bond motifs is 11. The SMILES string of the molecule is c1ccc(-c2nc(-c3cc4c5c(c3)N(c3ccccc3)c3c(cc6c7cccc8cccc(c9cccc3c96)c87)B5c3cc5c6cccc7cccc(c8cccc(c3N4c3ccccc3)c85)c76)nc3ccccc23)cc1. The maximum atomic E-state index is 5.60. The van der Waals surface area contributed by atoms with Crippen molar-refractivity contribution >= 4 is 154 Å². The van der Waals surface area contributed by atoms with Gasteiger partial charge in [0.2, 0.25) is 0 Å². The highest BCUT2D eigenvalue weighted by Crippen LogP contribution is 2.53. The first-order valence-electron chi connectivity index (χ1n) is 26.7. The van der Waals surface area contributed by atoms with Gasteiger partial charge in [-0.1, -0.05) is 206 Å². The van der Waals surface area contributed by atoms with Gasteiger partial charge in [0.15, 0.2) is 5.82 Å². The quantitative estimate of drug-likeness (QED) is 0.0999. The second-order valence-electron chi connectivity index (χ2n) is 21.1. The van der Waals surface area contributed by atoms with E-state index >= 15 is 0 Å². The van der Waals surface area contributed by atoms with Crippen molar-refractivity contribution in [2.45, 2.75) is 0 Å². The molecule has 5 heteroatoms. The molecule has 4 nitrogen and oxygen atoms in total. The molecule has 0 bridgehead atoms. The predicted molar refractivity (Wildman–Crippen MR) is 327 cm³/mol. The standard InChI is InChI=1S/C72H41BN4/c1-4-18-44(19-5-1)69-54-28-10-11-37-61(54)74-72(75-69)45-38-62-68-63(39-45)77(47-26-8-3-9-27-47)71-56-36-17-34-51-49-30-13-21-43-23-15-32-53(65(43)49)58(67(51)56)41-60(71)73(68)59-40-57-52-31-14-22-42-20-12-29-48(64(42)52)50-33-16-35-55(66(50)57)70(59)76(62)46-24-6-2-7-25-46/h1-41H. The fraction of sp³-hybridized carbons (Fsp3) is 0. The molecule has 2 aliphatic rings. The highest BCUT2D eigenvalue weighted by molar-refractivity contribution is 7.01. The predicted octanol–water partition coefficient (Wildman–Crippen LogP) is 17.1. The number of aromatic nitrogens is 2. The average Bonchev–Trinajstić information content (AvgIpc) is 3.51. The highest BCUT2D eigenvalue weighted by Gasteiger charge is 2.46. The van der Waals surface area contributed by atoms with E-state index in [1.54, 1.807) is 0 Å². The van der Waals surface area contributed by atoms with Crippen molar-refractivity contribution in [1.82, 2.24) is 9.97 Å². The monoisotopic (exact) mass is 972 g/mol. The van der Waals surface area contributed by atoms with Gasteiger partial charge in [0.25, 0.3) is 6.71 Å². The minimum atomic E-state index is -0.183. The van der Waals surface area contributed by atoms with E-state index in [9.17, 15) is 0 Å². The largest absolute Gasteiger partial charge is 0.311 e. The van der Waals surface area contributed by atoms with E-state index in [2.05, 4.69) is 259 Å². The Bertz CT molecular complexity index is 4900. The van der Waals surface area contributed by atoms with Gasteiger partial charge < -0.3 is 9.80 Å². The minimum absolute atomic E-state index is 0.183. The zero-order valence-corrected chi connectivity index (χ0v) is 41.5. The smallest absolute Gasteiger partial charge is 0.252 e. The summed E-state index contributed by atoms with van der Waals surface area (Å²) in [7, 11) is 0. The third-order valence-corrected chi connectivity index (χ3v) is 17.2. The fourth-order valence-electron chi connectivity index (χ4n) is 14.2. The lowest BCUT2D eigenvalue weighted by Crippen LogP contribution is -2.61. The summed E-state index contributed by atoms with van der Waals surface area (Å²) >= 11 is 0. The Morgan fingerprint density at radius 1 is 0.299 bits per heavy atom. The second-order valence-corrected chi connectivity index (χ2v) is 21.1. The molecule has 352 valence electrons. The van der Waals surface area contributed by atoms with Gasteiger partial charge in [-0.25, -0.2) is 9.97 Å². The van der Waals surface area contributed by atoms with E-state index in [1.165, 1.54) is 114 Å². The molecule has 18 rings (SSSR count). The minimum Gasteiger partial charge on any atom is -0.311 e. The molecule has 3 heterocycles. The van der Waals surface area contributed by atoms with Crippen LogP contribution in [0.2, 0.25) is 0 Å². The van der Waals surface area contributed by atoms with Crippen LogP contribution in [-0.4, -0.2) is 16.7 Å². The van der Waals surface area contributed by atoms with Crippen LogP contribution < -0.4 is 26.2 Å². The Balaban J connectivity index is 1.06. The van der Waals surface area contributed by atoms with Crippen LogP contribution in [0.4, 0.5) is 34.1 Å².